The third-order valence-corrected chi connectivity index (χ3v) is 3.00. The average molecular weight is 247 g/mol. The van der Waals surface area contributed by atoms with E-state index in [1.165, 1.54) is 7.11 Å². The molecule has 0 heterocycles. The Morgan fingerprint density at radius 2 is 1.72 bits per heavy atom. The van der Waals surface area contributed by atoms with Gasteiger partial charge in [0.2, 0.25) is 17.5 Å². The minimum atomic E-state index is -1.89. The highest BCUT2D eigenvalue weighted by Gasteiger charge is 2.54. The maximum atomic E-state index is 12.3. The van der Waals surface area contributed by atoms with Crippen LogP contribution in [0.5, 0.6) is 0 Å². The van der Waals surface area contributed by atoms with Gasteiger partial charge in [0.05, 0.1) is 0 Å². The molecule has 18 heavy (non-hydrogen) atoms. The highest BCUT2D eigenvalue weighted by molar-refractivity contribution is 6.32. The molecule has 0 saturated heterocycles. The number of nitrogens with one attached hydrogen (secondary N) is 1. The Kier molecular flexibility index (Phi) is 3.00. The van der Waals surface area contributed by atoms with E-state index in [9.17, 15) is 14.4 Å². The van der Waals surface area contributed by atoms with Crippen molar-refractivity contribution in [2.24, 2.45) is 0 Å². The summed E-state index contributed by atoms with van der Waals surface area (Å²) in [4.78, 5) is 36.0. The molecule has 5 nitrogen and oxygen atoms in total. The van der Waals surface area contributed by atoms with Crippen LogP contribution in [0.15, 0.2) is 24.3 Å². The molecular formula is C13H13NO4. The standard InChI is InChI=1S/C13H13NO4/c1-3-10(15)14-13(18-2)11(16)8-6-4-5-7-9(8)12(13)17/h4-7H,3H2,1-2H3,(H,14,15). The average Bonchev–Trinajstić information content (AvgIpc) is 2.62. The lowest BCUT2D eigenvalue weighted by atomic mass is 10.1. The van der Waals surface area contributed by atoms with Crippen LogP contribution >= 0.6 is 0 Å². The number of methoxy groups -OCH3 is 1. The maximum Gasteiger partial charge on any atom is 0.270 e. The van der Waals surface area contributed by atoms with E-state index in [2.05, 4.69) is 5.32 Å². The van der Waals surface area contributed by atoms with Gasteiger partial charge in [-0.3, -0.25) is 14.4 Å². The van der Waals surface area contributed by atoms with Crippen LogP contribution < -0.4 is 5.32 Å². The van der Waals surface area contributed by atoms with Crippen LogP contribution in [0.4, 0.5) is 0 Å². The molecule has 1 aliphatic carbocycles. The number of hydrogen-bond donors (Lipinski definition) is 1. The number of hydrogen-bond acceptors (Lipinski definition) is 4. The van der Waals surface area contributed by atoms with Gasteiger partial charge in [-0.2, -0.15) is 0 Å². The summed E-state index contributed by atoms with van der Waals surface area (Å²) in [6.45, 7) is 1.63. The fourth-order valence-corrected chi connectivity index (χ4v) is 2.00. The summed E-state index contributed by atoms with van der Waals surface area (Å²) in [5.74, 6) is -1.45. The van der Waals surface area contributed by atoms with E-state index in [-0.39, 0.29) is 17.5 Å². The summed E-state index contributed by atoms with van der Waals surface area (Å²) in [5, 5.41) is 2.38. The zero-order valence-electron chi connectivity index (χ0n) is 10.1. The van der Waals surface area contributed by atoms with Gasteiger partial charge in [0.15, 0.2) is 0 Å². The van der Waals surface area contributed by atoms with Crippen molar-refractivity contribution in [2.75, 3.05) is 7.11 Å². The first kappa shape index (κ1) is 12.4. The first-order chi connectivity index (χ1) is 8.56. The lowest BCUT2D eigenvalue weighted by Gasteiger charge is -2.24. The van der Waals surface area contributed by atoms with E-state index in [1.807, 2.05) is 0 Å². The number of benzene rings is 1. The summed E-state index contributed by atoms with van der Waals surface area (Å²) in [6, 6.07) is 6.43. The van der Waals surface area contributed by atoms with E-state index in [4.69, 9.17) is 4.74 Å². The Morgan fingerprint density at radius 3 is 2.11 bits per heavy atom. The van der Waals surface area contributed by atoms with E-state index >= 15 is 0 Å². The number of Topliss-reactive ketones (excluding diaryl/α,β-unsaturated/α-hetero) is 2. The first-order valence-electron chi connectivity index (χ1n) is 5.61. The van der Waals surface area contributed by atoms with Crippen LogP contribution in [0.1, 0.15) is 34.1 Å². The predicted octanol–water partition coefficient (Wildman–Crippen LogP) is 0.934. The zero-order valence-corrected chi connectivity index (χ0v) is 10.1. The summed E-state index contributed by atoms with van der Waals surface area (Å²) in [5.41, 5.74) is -1.34. The molecule has 5 heteroatoms. The molecule has 0 spiro atoms. The van der Waals surface area contributed by atoms with E-state index in [0.717, 1.165) is 0 Å². The Hall–Kier alpha value is -2.01. The first-order valence-corrected chi connectivity index (χ1v) is 5.61. The molecule has 1 aliphatic rings. The largest absolute Gasteiger partial charge is 0.346 e. The van der Waals surface area contributed by atoms with Gasteiger partial charge in [0.1, 0.15) is 0 Å². The van der Waals surface area contributed by atoms with Gasteiger partial charge in [0, 0.05) is 24.7 Å². The minimum absolute atomic E-state index is 0.169. The van der Waals surface area contributed by atoms with Crippen LogP contribution in [-0.2, 0) is 9.53 Å². The monoisotopic (exact) mass is 247 g/mol. The van der Waals surface area contributed by atoms with E-state index in [1.54, 1.807) is 31.2 Å². The minimum Gasteiger partial charge on any atom is -0.346 e. The maximum absolute atomic E-state index is 12.3. The van der Waals surface area contributed by atoms with Crippen LogP contribution in [0.3, 0.4) is 0 Å². The fraction of sp³-hybridized carbons (Fsp3) is 0.308. The topological polar surface area (TPSA) is 72.5 Å². The number of ketones is 2. The van der Waals surface area contributed by atoms with Crippen molar-refractivity contribution in [3.8, 4) is 0 Å². The number of ether oxygens (including phenoxy) is 1. The van der Waals surface area contributed by atoms with Crippen LogP contribution in [-0.4, -0.2) is 30.3 Å². The number of carbonyl (C=O) groups excluding carboxylic acids is 3. The van der Waals surface area contributed by atoms with Crippen LogP contribution in [0, 0.1) is 0 Å². The molecule has 1 N–H and O–H groups in total. The summed E-state index contributed by atoms with van der Waals surface area (Å²) >= 11 is 0. The van der Waals surface area contributed by atoms with Crippen LogP contribution in [0.25, 0.3) is 0 Å². The fourth-order valence-electron chi connectivity index (χ4n) is 2.00. The lowest BCUT2D eigenvalue weighted by Crippen LogP contribution is -2.58. The van der Waals surface area contributed by atoms with Crippen molar-refractivity contribution < 1.29 is 19.1 Å². The molecule has 2 rings (SSSR count). The second-order valence-electron chi connectivity index (χ2n) is 3.99. The molecule has 0 bridgehead atoms. The highest BCUT2D eigenvalue weighted by Crippen LogP contribution is 2.30. The van der Waals surface area contributed by atoms with Gasteiger partial charge < -0.3 is 10.1 Å². The van der Waals surface area contributed by atoms with Gasteiger partial charge >= 0.3 is 0 Å². The number of fused-ring (bicyclic) bond motifs is 1. The molecule has 0 aromatic heterocycles. The quantitative estimate of drug-likeness (QED) is 0.637. The molecule has 94 valence electrons. The van der Waals surface area contributed by atoms with Crippen LogP contribution in [0.2, 0.25) is 0 Å². The Bertz CT molecular complexity index is 501. The van der Waals surface area contributed by atoms with Gasteiger partial charge in [-0.05, 0) is 0 Å². The Morgan fingerprint density at radius 1 is 1.22 bits per heavy atom. The third-order valence-electron chi connectivity index (χ3n) is 3.00. The molecule has 0 unspecified atom stereocenters. The van der Waals surface area contributed by atoms with Gasteiger partial charge in [0.25, 0.3) is 5.72 Å². The molecular weight excluding hydrogens is 234 g/mol. The number of amides is 1. The smallest absolute Gasteiger partial charge is 0.270 e. The summed E-state index contributed by atoms with van der Waals surface area (Å²) < 4.78 is 5.05. The normalized spacial score (nSPS) is 16.6. The number of rotatable bonds is 3. The van der Waals surface area contributed by atoms with Crippen molar-refractivity contribution in [3.05, 3.63) is 35.4 Å². The Balaban J connectivity index is 2.50. The van der Waals surface area contributed by atoms with Crippen molar-refractivity contribution in [1.29, 1.82) is 0 Å². The molecule has 1 aromatic carbocycles. The summed E-state index contributed by atoms with van der Waals surface area (Å²) in [6.07, 6.45) is 0.169. The van der Waals surface area contributed by atoms with Crippen molar-refractivity contribution in [2.45, 2.75) is 19.1 Å². The van der Waals surface area contributed by atoms with Gasteiger partial charge in [-0.25, -0.2) is 0 Å². The molecule has 0 atom stereocenters. The SMILES string of the molecule is CCC(=O)NC1(OC)C(=O)c2ccccc2C1=O. The third kappa shape index (κ3) is 1.55. The second kappa shape index (κ2) is 4.34. The molecule has 0 aliphatic heterocycles. The van der Waals surface area contributed by atoms with Crippen molar-refractivity contribution in [1.82, 2.24) is 5.32 Å². The van der Waals surface area contributed by atoms with Gasteiger partial charge in [-0.15, -0.1) is 0 Å². The summed E-state index contributed by atoms with van der Waals surface area (Å²) in [7, 11) is 1.23. The molecule has 0 saturated carbocycles. The number of carbonyl (C=O) groups is 3. The highest BCUT2D eigenvalue weighted by atomic mass is 16.5. The van der Waals surface area contributed by atoms with Crippen molar-refractivity contribution >= 4 is 17.5 Å². The van der Waals surface area contributed by atoms with E-state index < -0.39 is 23.2 Å². The Labute approximate surface area is 104 Å². The second-order valence-corrected chi connectivity index (χ2v) is 3.99. The van der Waals surface area contributed by atoms with Gasteiger partial charge in [-0.1, -0.05) is 31.2 Å². The zero-order chi connectivity index (χ0) is 13.3. The van der Waals surface area contributed by atoms with E-state index in [0.29, 0.717) is 0 Å². The molecule has 0 fully saturated rings. The van der Waals surface area contributed by atoms with Crippen molar-refractivity contribution in [3.63, 3.8) is 0 Å². The predicted molar refractivity (Wildman–Crippen MR) is 63.3 cm³/mol. The lowest BCUT2D eigenvalue weighted by molar-refractivity contribution is -0.126. The molecule has 1 aromatic rings. The molecule has 0 radical (unpaired) electrons. The molecule has 1 amide bonds.